The van der Waals surface area contributed by atoms with Gasteiger partial charge >= 0.3 is 4.87 Å². The maximum atomic E-state index is 11.5. The molecule has 2 heterocycles. The van der Waals surface area contributed by atoms with Crippen LogP contribution in [0.3, 0.4) is 0 Å². The van der Waals surface area contributed by atoms with E-state index in [4.69, 9.17) is 13.9 Å². The van der Waals surface area contributed by atoms with Crippen molar-refractivity contribution in [3.63, 3.8) is 0 Å². The minimum Gasteiger partial charge on any atom is -0.494 e. The molecule has 3 rings (SSSR count). The Morgan fingerprint density at radius 1 is 1.19 bits per heavy atom. The number of benzene rings is 1. The van der Waals surface area contributed by atoms with E-state index < -0.39 is 0 Å². The number of allylic oxidation sites excluding steroid dienone is 2. The zero-order valence-electron chi connectivity index (χ0n) is 22.6. The molecule has 0 unspecified atom stereocenters. The summed E-state index contributed by atoms with van der Waals surface area (Å²) in [4.78, 5) is 14.1. The zero-order chi connectivity index (χ0) is 26.8. The minimum atomic E-state index is -0.286. The van der Waals surface area contributed by atoms with E-state index in [9.17, 15) is 9.90 Å². The van der Waals surface area contributed by atoms with Crippen LogP contribution in [0.2, 0.25) is 0 Å². The van der Waals surface area contributed by atoms with Crippen LogP contribution in [0.5, 0.6) is 11.6 Å². The maximum absolute atomic E-state index is 11.5. The van der Waals surface area contributed by atoms with Crippen molar-refractivity contribution in [2.24, 2.45) is 5.41 Å². The van der Waals surface area contributed by atoms with Gasteiger partial charge in [0, 0.05) is 11.1 Å². The number of aromatic nitrogens is 1. The quantitative estimate of drug-likeness (QED) is 0.134. The van der Waals surface area contributed by atoms with Crippen molar-refractivity contribution in [2.45, 2.75) is 66.7 Å². The average Bonchev–Trinajstić information content (AvgIpc) is 3.41. The predicted molar refractivity (Wildman–Crippen MR) is 151 cm³/mol. The van der Waals surface area contributed by atoms with Gasteiger partial charge in [-0.2, -0.15) is 0 Å². The fraction of sp³-hybridized carbons (Fsp3) is 0.433. The monoisotopic (exact) mass is 525 g/mol. The number of rotatable bonds is 13. The molecular formula is C30H39NO5S. The molecule has 0 saturated heterocycles. The van der Waals surface area contributed by atoms with E-state index in [1.54, 1.807) is 6.26 Å². The number of hydrogen-bond donors (Lipinski definition) is 2. The van der Waals surface area contributed by atoms with Crippen LogP contribution >= 0.6 is 11.3 Å². The summed E-state index contributed by atoms with van der Waals surface area (Å²) in [6, 6.07) is 7.40. The SMILES string of the molecule is CCCC(C)=C(C=Cc1cocc1CC(C)(C)C)OCCCCOc1cccc(-c2sc(=O)[nH]c2O)c1. The van der Waals surface area contributed by atoms with Crippen molar-refractivity contribution in [1.82, 2.24) is 4.98 Å². The number of hydrogen-bond acceptors (Lipinski definition) is 6. The molecule has 7 heteroatoms. The van der Waals surface area contributed by atoms with Gasteiger partial charge in [0.05, 0.1) is 30.6 Å². The minimum absolute atomic E-state index is 0.112. The van der Waals surface area contributed by atoms with Gasteiger partial charge in [-0.25, -0.2) is 0 Å². The third-order valence-electron chi connectivity index (χ3n) is 5.75. The summed E-state index contributed by atoms with van der Waals surface area (Å²) in [6.07, 6.45) is 12.5. The smallest absolute Gasteiger partial charge is 0.307 e. The van der Waals surface area contributed by atoms with Crippen LogP contribution in [0.4, 0.5) is 0 Å². The summed E-state index contributed by atoms with van der Waals surface area (Å²) in [5, 5.41) is 9.90. The van der Waals surface area contributed by atoms with Crippen molar-refractivity contribution in [3.05, 3.63) is 75.0 Å². The highest BCUT2D eigenvalue weighted by Gasteiger charge is 2.15. The van der Waals surface area contributed by atoms with Crippen molar-refractivity contribution >= 4 is 17.4 Å². The molecule has 0 aliphatic heterocycles. The van der Waals surface area contributed by atoms with Crippen LogP contribution in [0.25, 0.3) is 16.5 Å². The number of aromatic hydroxyl groups is 1. The van der Waals surface area contributed by atoms with Crippen molar-refractivity contribution in [1.29, 1.82) is 0 Å². The molecule has 0 spiro atoms. The Balaban J connectivity index is 1.51. The van der Waals surface area contributed by atoms with E-state index >= 15 is 0 Å². The first-order valence-electron chi connectivity index (χ1n) is 12.9. The molecular weight excluding hydrogens is 486 g/mol. The van der Waals surface area contributed by atoms with E-state index in [0.717, 1.165) is 60.3 Å². The summed E-state index contributed by atoms with van der Waals surface area (Å²) in [6.45, 7) is 12.1. The molecule has 37 heavy (non-hydrogen) atoms. The van der Waals surface area contributed by atoms with Gasteiger partial charge in [0.15, 0.2) is 0 Å². The van der Waals surface area contributed by atoms with Gasteiger partial charge in [0.25, 0.3) is 0 Å². The molecule has 0 aliphatic carbocycles. The Bertz CT molecular complexity index is 1260. The average molecular weight is 526 g/mol. The molecule has 0 radical (unpaired) electrons. The Morgan fingerprint density at radius 2 is 1.97 bits per heavy atom. The summed E-state index contributed by atoms with van der Waals surface area (Å²) in [7, 11) is 0. The van der Waals surface area contributed by atoms with E-state index in [1.165, 1.54) is 11.1 Å². The summed E-state index contributed by atoms with van der Waals surface area (Å²) < 4.78 is 17.6. The van der Waals surface area contributed by atoms with E-state index in [2.05, 4.69) is 51.8 Å². The topological polar surface area (TPSA) is 84.7 Å². The molecule has 3 aromatic rings. The Morgan fingerprint density at radius 3 is 2.68 bits per heavy atom. The van der Waals surface area contributed by atoms with E-state index in [-0.39, 0.29) is 16.2 Å². The van der Waals surface area contributed by atoms with Gasteiger partial charge in [-0.05, 0) is 73.4 Å². The number of H-pyrrole nitrogens is 1. The number of furan rings is 1. The fourth-order valence-corrected chi connectivity index (χ4v) is 4.72. The van der Waals surface area contributed by atoms with Crippen molar-refractivity contribution < 1.29 is 19.0 Å². The second kappa shape index (κ2) is 13.4. The van der Waals surface area contributed by atoms with Crippen molar-refractivity contribution in [2.75, 3.05) is 13.2 Å². The second-order valence-electron chi connectivity index (χ2n) is 10.4. The second-order valence-corrected chi connectivity index (χ2v) is 11.4. The Kier molecular flexibility index (Phi) is 10.3. The lowest BCUT2D eigenvalue weighted by Crippen LogP contribution is -2.09. The predicted octanol–water partition coefficient (Wildman–Crippen LogP) is 7.95. The standard InChI is InChI=1S/C30H39NO5S/c1-6-10-21(2)26(14-13-23-19-34-20-24(23)18-30(3,4)5)36-16-8-7-15-35-25-12-9-11-22(17-25)27-28(32)31-29(33)37-27/h9,11-14,17,19-20,32H,6-8,10,15-16,18H2,1-5H3,(H,31,33). The van der Waals surface area contributed by atoms with Gasteiger partial charge in [0.2, 0.25) is 5.88 Å². The normalized spacial score (nSPS) is 12.7. The van der Waals surface area contributed by atoms with Crippen molar-refractivity contribution in [3.8, 4) is 22.1 Å². The maximum Gasteiger partial charge on any atom is 0.307 e. The molecule has 6 nitrogen and oxygen atoms in total. The number of unbranched alkanes of at least 4 members (excludes halogenated alkanes) is 1. The molecule has 0 atom stereocenters. The molecule has 200 valence electrons. The van der Waals surface area contributed by atoms with Gasteiger partial charge in [-0.15, -0.1) is 0 Å². The lowest BCUT2D eigenvalue weighted by Gasteiger charge is -2.17. The third kappa shape index (κ3) is 9.01. The van der Waals surface area contributed by atoms with Crippen LogP contribution < -0.4 is 9.61 Å². The third-order valence-corrected chi connectivity index (χ3v) is 6.67. The number of aromatic amines is 1. The number of nitrogens with one attached hydrogen (secondary N) is 1. The lowest BCUT2D eigenvalue weighted by molar-refractivity contribution is 0.202. The first kappa shape index (κ1) is 28.4. The van der Waals surface area contributed by atoms with E-state index in [0.29, 0.717) is 23.8 Å². The molecule has 1 aromatic carbocycles. The van der Waals surface area contributed by atoms with Gasteiger partial charge in [-0.3, -0.25) is 9.78 Å². The molecule has 2 N–H and O–H groups in total. The summed E-state index contributed by atoms with van der Waals surface area (Å²) in [5.41, 5.74) is 4.48. The summed E-state index contributed by atoms with van der Waals surface area (Å²) in [5.74, 6) is 1.51. The highest BCUT2D eigenvalue weighted by Crippen LogP contribution is 2.32. The first-order chi connectivity index (χ1) is 17.7. The molecule has 0 saturated carbocycles. The van der Waals surface area contributed by atoms with Crippen LogP contribution in [-0.2, 0) is 11.2 Å². The molecule has 0 fully saturated rings. The van der Waals surface area contributed by atoms with E-state index in [1.807, 2.05) is 30.5 Å². The highest BCUT2D eigenvalue weighted by atomic mass is 32.1. The van der Waals surface area contributed by atoms with Crippen LogP contribution in [0, 0.1) is 5.41 Å². The van der Waals surface area contributed by atoms with Gasteiger partial charge in [0.1, 0.15) is 11.5 Å². The van der Waals surface area contributed by atoms with Gasteiger partial charge < -0.3 is 19.0 Å². The van der Waals surface area contributed by atoms with Crippen LogP contribution in [0.15, 0.2) is 63.4 Å². The summed E-state index contributed by atoms with van der Waals surface area (Å²) >= 11 is 0.977. The first-order valence-corrected chi connectivity index (χ1v) is 13.7. The molecule has 2 aromatic heterocycles. The zero-order valence-corrected chi connectivity index (χ0v) is 23.4. The highest BCUT2D eigenvalue weighted by molar-refractivity contribution is 7.13. The van der Waals surface area contributed by atoms with Crippen LogP contribution in [-0.4, -0.2) is 23.3 Å². The molecule has 0 amide bonds. The fourth-order valence-electron chi connectivity index (χ4n) is 3.99. The Hall–Kier alpha value is -3.19. The lowest BCUT2D eigenvalue weighted by atomic mass is 9.88. The largest absolute Gasteiger partial charge is 0.494 e. The van der Waals surface area contributed by atoms with Crippen LogP contribution in [0.1, 0.15) is 71.4 Å². The molecule has 0 aliphatic rings. The number of ether oxygens (including phenoxy) is 2. The Labute approximate surface area is 223 Å². The van der Waals surface area contributed by atoms with Gasteiger partial charge in [-0.1, -0.05) is 57.6 Å². The molecule has 0 bridgehead atoms. The number of thiazole rings is 1.